The highest BCUT2D eigenvalue weighted by Gasteiger charge is 2.40. The molecule has 5 heterocycles. The van der Waals surface area contributed by atoms with Crippen LogP contribution in [0.5, 0.6) is 17.4 Å². The molecule has 2 unspecified atom stereocenters. The van der Waals surface area contributed by atoms with E-state index in [0.29, 0.717) is 73.2 Å². The summed E-state index contributed by atoms with van der Waals surface area (Å²) in [6, 6.07) is 9.03. The maximum absolute atomic E-state index is 14.7. The van der Waals surface area contributed by atoms with Crippen molar-refractivity contribution < 1.29 is 28.1 Å². The molecule has 1 amide bonds. The number of halogens is 1. The fourth-order valence-electron chi connectivity index (χ4n) is 5.19. The van der Waals surface area contributed by atoms with Crippen LogP contribution in [0.1, 0.15) is 12.0 Å². The van der Waals surface area contributed by atoms with E-state index < -0.39 is 0 Å². The normalized spacial score (nSPS) is 21.7. The third-order valence-electron chi connectivity index (χ3n) is 7.13. The third-order valence-corrected chi connectivity index (χ3v) is 7.13. The molecule has 0 N–H and O–H groups in total. The maximum Gasteiger partial charge on any atom is 0.414 e. The largest absolute Gasteiger partial charge is 0.486 e. The summed E-state index contributed by atoms with van der Waals surface area (Å²) >= 11 is 0. The smallest absolute Gasteiger partial charge is 0.414 e. The second kappa shape index (κ2) is 9.42. The summed E-state index contributed by atoms with van der Waals surface area (Å²) in [5, 5.41) is 0. The summed E-state index contributed by atoms with van der Waals surface area (Å²) in [6.45, 7) is 3.69. The number of aromatic nitrogens is 2. The zero-order valence-electron chi connectivity index (χ0n) is 20.0. The molecule has 6 rings (SSSR count). The van der Waals surface area contributed by atoms with Crippen molar-refractivity contribution in [2.24, 2.45) is 5.92 Å². The minimum atomic E-state index is -0.377. The molecule has 3 aliphatic heterocycles. The van der Waals surface area contributed by atoms with Gasteiger partial charge in [-0.05, 0) is 37.6 Å². The summed E-state index contributed by atoms with van der Waals surface area (Å²) in [5.41, 5.74) is 2.41. The van der Waals surface area contributed by atoms with E-state index in [-0.39, 0.29) is 23.9 Å². The predicted octanol–water partition coefficient (Wildman–Crippen LogP) is 3.44. The van der Waals surface area contributed by atoms with Crippen molar-refractivity contribution in [2.75, 3.05) is 51.4 Å². The van der Waals surface area contributed by atoms with Crippen LogP contribution in [0.2, 0.25) is 0 Å². The zero-order chi connectivity index (χ0) is 24.6. The molecular weight excluding hydrogens is 467 g/mol. The van der Waals surface area contributed by atoms with Crippen molar-refractivity contribution in [3.8, 4) is 17.4 Å². The van der Waals surface area contributed by atoms with Crippen LogP contribution in [-0.2, 0) is 11.2 Å². The molecule has 36 heavy (non-hydrogen) atoms. The first kappa shape index (κ1) is 22.8. The topological polar surface area (TPSA) is 86.2 Å². The van der Waals surface area contributed by atoms with Gasteiger partial charge < -0.3 is 18.9 Å². The Labute approximate surface area is 207 Å². The average molecular weight is 495 g/mol. The molecule has 3 aliphatic rings. The Morgan fingerprint density at radius 3 is 2.86 bits per heavy atom. The number of hydrogen-bond acceptors (Lipinski definition) is 8. The number of hydrogen-bond donors (Lipinski definition) is 0. The molecule has 0 saturated carbocycles. The first-order valence-electron chi connectivity index (χ1n) is 12.2. The number of rotatable bonds is 5. The number of nitrogens with zero attached hydrogens (tertiary/aromatic N) is 4. The first-order valence-corrected chi connectivity index (χ1v) is 12.2. The van der Waals surface area contributed by atoms with Crippen molar-refractivity contribution in [1.82, 2.24) is 14.9 Å². The molecule has 2 fully saturated rings. The van der Waals surface area contributed by atoms with Gasteiger partial charge in [0.05, 0.1) is 30.0 Å². The van der Waals surface area contributed by atoms with Crippen LogP contribution < -0.4 is 19.1 Å². The zero-order valence-corrected chi connectivity index (χ0v) is 20.0. The van der Waals surface area contributed by atoms with E-state index in [2.05, 4.69) is 14.9 Å². The van der Waals surface area contributed by atoms with Gasteiger partial charge in [-0.3, -0.25) is 14.8 Å². The van der Waals surface area contributed by atoms with E-state index in [1.807, 2.05) is 18.2 Å². The Bertz CT molecular complexity index is 1300. The number of piperidine rings is 1. The van der Waals surface area contributed by atoms with Crippen molar-refractivity contribution in [3.63, 3.8) is 0 Å². The number of carbonyl (C=O) groups is 1. The highest BCUT2D eigenvalue weighted by molar-refractivity contribution is 5.89. The Balaban J connectivity index is 1.12. The SMILES string of the molecule is COc1ccc2ncc(F)c(CCN3CCC4CN(c5ccc6c(c5)OCCO6)C(=O)OC4C3)c2n1. The van der Waals surface area contributed by atoms with Gasteiger partial charge >= 0.3 is 6.09 Å². The number of carbonyl (C=O) groups excluding carboxylic acids is 1. The molecule has 2 atom stereocenters. The first-order chi connectivity index (χ1) is 17.6. The van der Waals surface area contributed by atoms with E-state index >= 15 is 0 Å². The molecule has 0 radical (unpaired) electrons. The summed E-state index contributed by atoms with van der Waals surface area (Å²) in [7, 11) is 1.53. The van der Waals surface area contributed by atoms with Crippen molar-refractivity contribution in [2.45, 2.75) is 18.9 Å². The molecule has 0 bridgehead atoms. The molecule has 3 aromatic rings. The maximum atomic E-state index is 14.7. The van der Waals surface area contributed by atoms with Crippen LogP contribution in [0, 0.1) is 11.7 Å². The lowest BCUT2D eigenvalue weighted by molar-refractivity contribution is -0.00650. The molecule has 10 heteroatoms. The quantitative estimate of drug-likeness (QED) is 0.533. The number of methoxy groups -OCH3 is 1. The third kappa shape index (κ3) is 4.26. The minimum absolute atomic E-state index is 0.197. The Hall–Kier alpha value is -3.66. The fraction of sp³-hybridized carbons (Fsp3) is 0.423. The van der Waals surface area contributed by atoms with Gasteiger partial charge in [-0.2, -0.15) is 0 Å². The number of likely N-dealkylation sites (tertiary alicyclic amines) is 1. The monoisotopic (exact) mass is 494 g/mol. The van der Waals surface area contributed by atoms with Gasteiger partial charge in [0.25, 0.3) is 0 Å². The second-order valence-corrected chi connectivity index (χ2v) is 9.27. The van der Waals surface area contributed by atoms with Crippen molar-refractivity contribution in [3.05, 3.63) is 47.9 Å². The Morgan fingerprint density at radius 2 is 2.00 bits per heavy atom. The summed E-state index contributed by atoms with van der Waals surface area (Å²) < 4.78 is 37.0. The van der Waals surface area contributed by atoms with Crippen LogP contribution in [0.15, 0.2) is 36.5 Å². The standard InChI is InChI=1S/C26H27FN4O5/c1-33-24-5-3-20-25(29-24)18(19(27)13-28-20)7-9-30-8-6-16-14-31(26(32)36-23(16)15-30)17-2-4-21-22(12-17)35-11-10-34-21/h2-5,12-13,16,23H,6-11,14-15H2,1H3. The van der Waals surface area contributed by atoms with E-state index in [1.54, 1.807) is 17.0 Å². The van der Waals surface area contributed by atoms with E-state index in [4.69, 9.17) is 18.9 Å². The lowest BCUT2D eigenvalue weighted by Gasteiger charge is -2.44. The number of pyridine rings is 2. The molecule has 188 valence electrons. The van der Waals surface area contributed by atoms with Gasteiger partial charge in [0.2, 0.25) is 5.88 Å². The summed E-state index contributed by atoms with van der Waals surface area (Å²) in [4.78, 5) is 25.4. The summed E-state index contributed by atoms with van der Waals surface area (Å²) in [5.74, 6) is 1.60. The van der Waals surface area contributed by atoms with Crippen molar-refractivity contribution >= 4 is 22.8 Å². The number of ether oxygens (including phenoxy) is 4. The molecule has 2 saturated heterocycles. The highest BCUT2D eigenvalue weighted by Crippen LogP contribution is 2.37. The van der Waals surface area contributed by atoms with Gasteiger partial charge in [0, 0.05) is 43.2 Å². The van der Waals surface area contributed by atoms with Gasteiger partial charge in [-0.25, -0.2) is 14.2 Å². The molecular formula is C26H27FN4O5. The Kier molecular flexibility index (Phi) is 5.96. The molecule has 1 aromatic carbocycles. The number of fused-ring (bicyclic) bond motifs is 3. The summed E-state index contributed by atoms with van der Waals surface area (Å²) in [6.07, 6.45) is 2.03. The number of benzene rings is 1. The van der Waals surface area contributed by atoms with Crippen molar-refractivity contribution in [1.29, 1.82) is 0 Å². The van der Waals surface area contributed by atoms with E-state index in [1.165, 1.54) is 13.3 Å². The van der Waals surface area contributed by atoms with Gasteiger partial charge in [0.15, 0.2) is 11.5 Å². The van der Waals surface area contributed by atoms with Crippen LogP contribution in [-0.4, -0.2) is 73.6 Å². The fourth-order valence-corrected chi connectivity index (χ4v) is 5.19. The van der Waals surface area contributed by atoms with Gasteiger partial charge in [-0.15, -0.1) is 0 Å². The van der Waals surface area contributed by atoms with Gasteiger partial charge in [0.1, 0.15) is 25.1 Å². The molecule has 9 nitrogen and oxygen atoms in total. The number of anilines is 1. The molecule has 0 spiro atoms. The molecule has 2 aromatic heterocycles. The predicted molar refractivity (Wildman–Crippen MR) is 129 cm³/mol. The van der Waals surface area contributed by atoms with Crippen LogP contribution in [0.4, 0.5) is 14.9 Å². The lowest BCUT2D eigenvalue weighted by atomic mass is 9.91. The van der Waals surface area contributed by atoms with Crippen LogP contribution in [0.25, 0.3) is 11.0 Å². The van der Waals surface area contributed by atoms with Gasteiger partial charge in [-0.1, -0.05) is 0 Å². The Morgan fingerprint density at radius 1 is 1.14 bits per heavy atom. The lowest BCUT2D eigenvalue weighted by Crippen LogP contribution is -2.56. The highest BCUT2D eigenvalue weighted by atomic mass is 19.1. The van der Waals surface area contributed by atoms with E-state index in [0.717, 1.165) is 18.7 Å². The second-order valence-electron chi connectivity index (χ2n) is 9.27. The van der Waals surface area contributed by atoms with E-state index in [9.17, 15) is 9.18 Å². The van der Waals surface area contributed by atoms with Crippen LogP contribution in [0.3, 0.4) is 0 Å². The van der Waals surface area contributed by atoms with Crippen LogP contribution >= 0.6 is 0 Å². The number of amides is 1. The molecule has 0 aliphatic carbocycles. The minimum Gasteiger partial charge on any atom is -0.486 e. The average Bonchev–Trinajstić information content (AvgIpc) is 2.91.